The molecule has 0 saturated carbocycles. The third kappa shape index (κ3) is 3.05. The lowest BCUT2D eigenvalue weighted by Crippen LogP contribution is -1.96. The number of alkyl halides is 1. The van der Waals surface area contributed by atoms with Crippen LogP contribution in [-0.2, 0) is 5.88 Å². The quantitative estimate of drug-likeness (QED) is 0.471. The minimum absolute atomic E-state index is 0.00697. The van der Waals surface area contributed by atoms with Gasteiger partial charge in [-0.1, -0.05) is 12.1 Å². The third-order valence-electron chi connectivity index (χ3n) is 2.68. The number of hydrogen-bond acceptors (Lipinski definition) is 3. The highest BCUT2D eigenvalue weighted by atomic mass is 35.5. The number of aryl methyl sites for hydroxylation is 1. The Kier molecular flexibility index (Phi) is 4.20. The summed E-state index contributed by atoms with van der Waals surface area (Å²) < 4.78 is 19.1. The highest BCUT2D eigenvalue weighted by Crippen LogP contribution is 2.33. The van der Waals surface area contributed by atoms with Gasteiger partial charge >= 0.3 is 5.69 Å². The van der Waals surface area contributed by atoms with E-state index in [1.165, 1.54) is 24.3 Å². The minimum Gasteiger partial charge on any atom is -0.447 e. The number of nitro groups is 1. The van der Waals surface area contributed by atoms with Gasteiger partial charge < -0.3 is 4.74 Å². The Morgan fingerprint density at radius 3 is 2.60 bits per heavy atom. The first-order chi connectivity index (χ1) is 9.51. The SMILES string of the molecule is Cc1ccc([N+](=O)[O-])c(Oc2ccc(CCl)cc2F)c1. The molecule has 0 aliphatic heterocycles. The van der Waals surface area contributed by atoms with Crippen molar-refractivity contribution in [2.24, 2.45) is 0 Å². The van der Waals surface area contributed by atoms with Gasteiger partial charge in [-0.25, -0.2) is 4.39 Å². The van der Waals surface area contributed by atoms with Gasteiger partial charge in [-0.2, -0.15) is 0 Å². The first-order valence-electron chi connectivity index (χ1n) is 5.78. The number of benzene rings is 2. The maximum Gasteiger partial charge on any atom is 0.311 e. The molecule has 2 aromatic carbocycles. The van der Waals surface area contributed by atoms with Crippen molar-refractivity contribution >= 4 is 17.3 Å². The van der Waals surface area contributed by atoms with Crippen LogP contribution in [0.1, 0.15) is 11.1 Å². The number of nitro benzene ring substituents is 1. The van der Waals surface area contributed by atoms with E-state index in [9.17, 15) is 14.5 Å². The van der Waals surface area contributed by atoms with E-state index in [4.69, 9.17) is 16.3 Å². The Bertz CT molecular complexity index is 661. The Morgan fingerprint density at radius 1 is 1.25 bits per heavy atom. The maximum absolute atomic E-state index is 13.8. The van der Waals surface area contributed by atoms with Crippen LogP contribution >= 0.6 is 11.6 Å². The molecular formula is C14H11ClFNO3. The molecule has 0 heterocycles. The molecule has 0 unspecified atom stereocenters. The van der Waals surface area contributed by atoms with Crippen molar-refractivity contribution in [1.82, 2.24) is 0 Å². The lowest BCUT2D eigenvalue weighted by molar-refractivity contribution is -0.385. The number of nitrogens with zero attached hydrogens (tertiary/aromatic N) is 1. The summed E-state index contributed by atoms with van der Waals surface area (Å²) in [5.74, 6) is -0.499. The molecule has 0 saturated heterocycles. The van der Waals surface area contributed by atoms with Crippen molar-refractivity contribution in [1.29, 1.82) is 0 Å². The molecule has 0 N–H and O–H groups in total. The summed E-state index contributed by atoms with van der Waals surface area (Å²) in [7, 11) is 0. The monoisotopic (exact) mass is 295 g/mol. The van der Waals surface area contributed by atoms with E-state index in [0.29, 0.717) is 5.56 Å². The first-order valence-corrected chi connectivity index (χ1v) is 6.32. The Labute approximate surface area is 119 Å². The highest BCUT2D eigenvalue weighted by Gasteiger charge is 2.17. The molecule has 0 fully saturated rings. The molecular weight excluding hydrogens is 285 g/mol. The van der Waals surface area contributed by atoms with Crippen molar-refractivity contribution in [2.45, 2.75) is 12.8 Å². The summed E-state index contributed by atoms with van der Waals surface area (Å²) >= 11 is 5.60. The standard InChI is InChI=1S/C14H11ClFNO3/c1-9-2-4-12(17(18)19)14(6-9)20-13-5-3-10(8-15)7-11(13)16/h2-7H,8H2,1H3. The van der Waals surface area contributed by atoms with E-state index in [2.05, 4.69) is 0 Å². The Morgan fingerprint density at radius 2 is 2.00 bits per heavy atom. The summed E-state index contributed by atoms with van der Waals surface area (Å²) in [6, 6.07) is 8.66. The van der Waals surface area contributed by atoms with Gasteiger partial charge in [0, 0.05) is 11.9 Å². The average Bonchev–Trinajstić information content (AvgIpc) is 2.40. The van der Waals surface area contributed by atoms with Crippen LogP contribution in [0, 0.1) is 22.9 Å². The fraction of sp³-hybridized carbons (Fsp3) is 0.143. The van der Waals surface area contributed by atoms with Crippen molar-refractivity contribution in [3.8, 4) is 11.5 Å². The number of hydrogen-bond donors (Lipinski definition) is 0. The molecule has 0 bridgehead atoms. The lowest BCUT2D eigenvalue weighted by atomic mass is 10.2. The highest BCUT2D eigenvalue weighted by molar-refractivity contribution is 6.17. The van der Waals surface area contributed by atoms with Crippen LogP contribution in [0.2, 0.25) is 0 Å². The minimum atomic E-state index is -0.612. The molecule has 4 nitrogen and oxygen atoms in total. The van der Waals surface area contributed by atoms with E-state index in [-0.39, 0.29) is 23.1 Å². The van der Waals surface area contributed by atoms with Crippen LogP contribution in [0.15, 0.2) is 36.4 Å². The molecule has 0 radical (unpaired) electrons. The first kappa shape index (κ1) is 14.3. The topological polar surface area (TPSA) is 52.4 Å². The van der Waals surface area contributed by atoms with E-state index in [1.807, 2.05) is 0 Å². The Balaban J connectivity index is 2.39. The van der Waals surface area contributed by atoms with Gasteiger partial charge in [0.05, 0.1) is 4.92 Å². The number of rotatable bonds is 4. The molecule has 0 aromatic heterocycles. The fourth-order valence-corrected chi connectivity index (χ4v) is 1.85. The third-order valence-corrected chi connectivity index (χ3v) is 2.99. The zero-order valence-electron chi connectivity index (χ0n) is 10.6. The molecule has 0 spiro atoms. The van der Waals surface area contributed by atoms with Gasteiger partial charge in [-0.05, 0) is 36.2 Å². The predicted molar refractivity (Wildman–Crippen MR) is 73.9 cm³/mol. The van der Waals surface area contributed by atoms with Crippen molar-refractivity contribution in [2.75, 3.05) is 0 Å². The molecule has 0 aliphatic carbocycles. The predicted octanol–water partition coefficient (Wildman–Crippen LogP) is 4.57. The molecule has 0 amide bonds. The van der Waals surface area contributed by atoms with E-state index in [1.54, 1.807) is 19.1 Å². The summed E-state index contributed by atoms with van der Waals surface area (Å²) in [5, 5.41) is 10.9. The van der Waals surface area contributed by atoms with Crippen molar-refractivity contribution in [3.05, 3.63) is 63.5 Å². The van der Waals surface area contributed by atoms with E-state index < -0.39 is 10.7 Å². The van der Waals surface area contributed by atoms with Crippen molar-refractivity contribution in [3.63, 3.8) is 0 Å². The van der Waals surface area contributed by atoms with E-state index in [0.717, 1.165) is 5.56 Å². The maximum atomic E-state index is 13.8. The zero-order valence-corrected chi connectivity index (χ0v) is 11.4. The molecule has 104 valence electrons. The molecule has 6 heteroatoms. The summed E-state index contributed by atoms with van der Waals surface area (Å²) in [6.45, 7) is 1.77. The number of ether oxygens (including phenoxy) is 1. The normalized spacial score (nSPS) is 10.3. The number of halogens is 2. The van der Waals surface area contributed by atoms with Crippen molar-refractivity contribution < 1.29 is 14.1 Å². The lowest BCUT2D eigenvalue weighted by Gasteiger charge is -2.08. The van der Waals surface area contributed by atoms with Gasteiger partial charge in [0.25, 0.3) is 0 Å². The van der Waals surface area contributed by atoms with Crippen LogP contribution in [0.5, 0.6) is 11.5 Å². The van der Waals surface area contributed by atoms with Crippen LogP contribution in [0.3, 0.4) is 0 Å². The molecule has 20 heavy (non-hydrogen) atoms. The zero-order chi connectivity index (χ0) is 14.7. The molecule has 0 atom stereocenters. The smallest absolute Gasteiger partial charge is 0.311 e. The second-order valence-corrected chi connectivity index (χ2v) is 4.50. The van der Waals surface area contributed by atoms with Gasteiger partial charge in [0.1, 0.15) is 0 Å². The average molecular weight is 296 g/mol. The van der Waals surface area contributed by atoms with E-state index >= 15 is 0 Å². The van der Waals surface area contributed by atoms with Gasteiger partial charge in [-0.15, -0.1) is 11.6 Å². The molecule has 2 aromatic rings. The molecule has 2 rings (SSSR count). The largest absolute Gasteiger partial charge is 0.447 e. The van der Waals surface area contributed by atoms with Crippen LogP contribution in [-0.4, -0.2) is 4.92 Å². The fourth-order valence-electron chi connectivity index (χ4n) is 1.68. The molecule has 0 aliphatic rings. The second kappa shape index (κ2) is 5.88. The summed E-state index contributed by atoms with van der Waals surface area (Å²) in [6.07, 6.45) is 0. The van der Waals surface area contributed by atoms with Gasteiger partial charge in [-0.3, -0.25) is 10.1 Å². The van der Waals surface area contributed by atoms with Crippen LogP contribution in [0.4, 0.5) is 10.1 Å². The summed E-state index contributed by atoms with van der Waals surface area (Å²) in [4.78, 5) is 10.4. The van der Waals surface area contributed by atoms with Gasteiger partial charge in [0.2, 0.25) is 5.75 Å². The van der Waals surface area contributed by atoms with Gasteiger partial charge in [0.15, 0.2) is 11.6 Å². The van der Waals surface area contributed by atoms with Crippen LogP contribution < -0.4 is 4.74 Å². The Hall–Kier alpha value is -2.14. The summed E-state index contributed by atoms with van der Waals surface area (Å²) in [5.41, 5.74) is 1.18. The van der Waals surface area contributed by atoms with Crippen LogP contribution in [0.25, 0.3) is 0 Å². The second-order valence-electron chi connectivity index (χ2n) is 4.23.